The van der Waals surface area contributed by atoms with Crippen molar-refractivity contribution in [1.82, 2.24) is 5.32 Å². The largest absolute Gasteiger partial charge is 0.392 e. The molecule has 84 valence electrons. The standard InChI is InChI=1S/C10H22N2O2/c1-7(13)6-12-8(14)9(2,3)10(4,5)11/h7,13H,6,11H2,1-5H3,(H,12,14)/t7-/m0/s1. The molecule has 0 aromatic heterocycles. The van der Waals surface area contributed by atoms with Gasteiger partial charge in [-0.15, -0.1) is 0 Å². The van der Waals surface area contributed by atoms with E-state index in [-0.39, 0.29) is 12.5 Å². The topological polar surface area (TPSA) is 75.3 Å². The van der Waals surface area contributed by atoms with E-state index in [1.807, 2.05) is 13.8 Å². The van der Waals surface area contributed by atoms with Crippen LogP contribution in [0.5, 0.6) is 0 Å². The van der Waals surface area contributed by atoms with Gasteiger partial charge in [0.05, 0.1) is 11.5 Å². The summed E-state index contributed by atoms with van der Waals surface area (Å²) in [6, 6.07) is 0. The Bertz CT molecular complexity index is 205. The van der Waals surface area contributed by atoms with Gasteiger partial charge in [0.15, 0.2) is 0 Å². The van der Waals surface area contributed by atoms with Crippen molar-refractivity contribution in [1.29, 1.82) is 0 Å². The summed E-state index contributed by atoms with van der Waals surface area (Å²) in [5.74, 6) is -0.133. The number of nitrogens with one attached hydrogen (secondary N) is 1. The Morgan fingerprint density at radius 2 is 1.86 bits per heavy atom. The van der Waals surface area contributed by atoms with Crippen molar-refractivity contribution in [3.63, 3.8) is 0 Å². The minimum atomic E-state index is -0.651. The van der Waals surface area contributed by atoms with Crippen LogP contribution in [0.3, 0.4) is 0 Å². The van der Waals surface area contributed by atoms with E-state index in [9.17, 15) is 4.79 Å². The lowest BCUT2D eigenvalue weighted by Crippen LogP contribution is -2.56. The molecular weight excluding hydrogens is 180 g/mol. The van der Waals surface area contributed by atoms with Crippen LogP contribution in [0.15, 0.2) is 0 Å². The maximum atomic E-state index is 11.7. The highest BCUT2D eigenvalue weighted by atomic mass is 16.3. The molecule has 0 aromatic rings. The van der Waals surface area contributed by atoms with Gasteiger partial charge in [0.2, 0.25) is 5.91 Å². The second-order valence-electron chi connectivity index (χ2n) is 4.91. The van der Waals surface area contributed by atoms with Crippen LogP contribution in [0.25, 0.3) is 0 Å². The molecule has 0 aliphatic heterocycles. The lowest BCUT2D eigenvalue weighted by Gasteiger charge is -2.37. The highest BCUT2D eigenvalue weighted by molar-refractivity contribution is 5.83. The molecule has 0 radical (unpaired) electrons. The van der Waals surface area contributed by atoms with Gasteiger partial charge >= 0.3 is 0 Å². The minimum Gasteiger partial charge on any atom is -0.392 e. The summed E-state index contributed by atoms with van der Waals surface area (Å²) in [7, 11) is 0. The molecule has 4 N–H and O–H groups in total. The van der Waals surface area contributed by atoms with Crippen molar-refractivity contribution in [2.75, 3.05) is 6.54 Å². The first-order valence-electron chi connectivity index (χ1n) is 4.84. The third-order valence-corrected chi connectivity index (χ3v) is 2.74. The number of carbonyl (C=O) groups is 1. The Hall–Kier alpha value is -0.610. The van der Waals surface area contributed by atoms with Gasteiger partial charge in [-0.2, -0.15) is 0 Å². The van der Waals surface area contributed by atoms with Gasteiger partial charge in [-0.3, -0.25) is 4.79 Å². The average molecular weight is 202 g/mol. The summed E-state index contributed by atoms with van der Waals surface area (Å²) in [5.41, 5.74) is 4.66. The lowest BCUT2D eigenvalue weighted by molar-refractivity contribution is -0.132. The molecule has 0 unspecified atom stereocenters. The maximum absolute atomic E-state index is 11.7. The second-order valence-corrected chi connectivity index (χ2v) is 4.91. The number of nitrogens with two attached hydrogens (primary N) is 1. The van der Waals surface area contributed by atoms with Crippen molar-refractivity contribution < 1.29 is 9.90 Å². The molecule has 0 saturated heterocycles. The summed E-state index contributed by atoms with van der Waals surface area (Å²) < 4.78 is 0. The zero-order valence-corrected chi connectivity index (χ0v) is 9.72. The molecule has 4 heteroatoms. The van der Waals surface area contributed by atoms with Gasteiger partial charge in [-0.05, 0) is 34.6 Å². The second kappa shape index (κ2) is 4.28. The first kappa shape index (κ1) is 13.4. The zero-order chi connectivity index (χ0) is 11.6. The molecule has 1 amide bonds. The van der Waals surface area contributed by atoms with E-state index >= 15 is 0 Å². The van der Waals surface area contributed by atoms with Gasteiger partial charge in [-0.1, -0.05) is 0 Å². The lowest BCUT2D eigenvalue weighted by atomic mass is 9.74. The average Bonchev–Trinajstić information content (AvgIpc) is 1.97. The molecule has 0 aliphatic carbocycles. The normalized spacial score (nSPS) is 15.1. The highest BCUT2D eigenvalue weighted by Gasteiger charge is 2.40. The molecular formula is C10H22N2O2. The maximum Gasteiger partial charge on any atom is 0.227 e. The van der Waals surface area contributed by atoms with Crippen LogP contribution in [0.4, 0.5) is 0 Å². The number of rotatable bonds is 4. The van der Waals surface area contributed by atoms with Crippen LogP contribution in [0.2, 0.25) is 0 Å². The molecule has 0 aromatic carbocycles. The quantitative estimate of drug-likeness (QED) is 0.611. The monoisotopic (exact) mass is 202 g/mol. The third kappa shape index (κ3) is 3.27. The van der Waals surface area contributed by atoms with E-state index in [4.69, 9.17) is 10.8 Å². The zero-order valence-electron chi connectivity index (χ0n) is 9.72. The molecule has 0 heterocycles. The van der Waals surface area contributed by atoms with Gasteiger partial charge in [-0.25, -0.2) is 0 Å². The summed E-state index contributed by atoms with van der Waals surface area (Å²) >= 11 is 0. The number of hydrogen-bond donors (Lipinski definition) is 3. The molecule has 0 saturated carbocycles. The van der Waals surface area contributed by atoms with Gasteiger partial charge in [0.1, 0.15) is 0 Å². The number of hydrogen-bond acceptors (Lipinski definition) is 3. The van der Waals surface area contributed by atoms with Gasteiger partial charge in [0, 0.05) is 12.1 Å². The first-order chi connectivity index (χ1) is 6.09. The Morgan fingerprint density at radius 1 is 1.43 bits per heavy atom. The summed E-state index contributed by atoms with van der Waals surface area (Å²) in [6.07, 6.45) is -0.532. The van der Waals surface area contributed by atoms with E-state index in [0.717, 1.165) is 0 Å². The number of amides is 1. The van der Waals surface area contributed by atoms with Crippen LogP contribution < -0.4 is 11.1 Å². The summed E-state index contributed by atoms with van der Waals surface area (Å²) in [5, 5.41) is 11.7. The van der Waals surface area contributed by atoms with E-state index < -0.39 is 17.1 Å². The highest BCUT2D eigenvalue weighted by Crippen LogP contribution is 2.28. The van der Waals surface area contributed by atoms with E-state index in [2.05, 4.69) is 5.32 Å². The van der Waals surface area contributed by atoms with Gasteiger partial charge < -0.3 is 16.2 Å². The fourth-order valence-corrected chi connectivity index (χ4v) is 0.754. The van der Waals surface area contributed by atoms with E-state index in [1.54, 1.807) is 20.8 Å². The third-order valence-electron chi connectivity index (χ3n) is 2.74. The van der Waals surface area contributed by atoms with Crippen molar-refractivity contribution in [3.05, 3.63) is 0 Å². The summed E-state index contributed by atoms with van der Waals surface area (Å²) in [4.78, 5) is 11.7. The smallest absolute Gasteiger partial charge is 0.227 e. The number of carbonyl (C=O) groups excluding carboxylic acids is 1. The number of aliphatic hydroxyl groups is 1. The SMILES string of the molecule is C[C@H](O)CNC(=O)C(C)(C)C(C)(C)N. The molecule has 0 spiro atoms. The molecule has 4 nitrogen and oxygen atoms in total. The molecule has 14 heavy (non-hydrogen) atoms. The van der Waals surface area contributed by atoms with Crippen molar-refractivity contribution in [3.8, 4) is 0 Å². The van der Waals surface area contributed by atoms with Crippen molar-refractivity contribution in [2.45, 2.75) is 46.3 Å². The van der Waals surface area contributed by atoms with Crippen LogP contribution in [0.1, 0.15) is 34.6 Å². The van der Waals surface area contributed by atoms with Crippen LogP contribution in [-0.2, 0) is 4.79 Å². The van der Waals surface area contributed by atoms with Crippen LogP contribution in [0, 0.1) is 5.41 Å². The first-order valence-corrected chi connectivity index (χ1v) is 4.84. The van der Waals surface area contributed by atoms with E-state index in [0.29, 0.717) is 0 Å². The fourth-order valence-electron chi connectivity index (χ4n) is 0.754. The Balaban J connectivity index is 4.38. The summed E-state index contributed by atoms with van der Waals surface area (Å²) in [6.45, 7) is 9.11. The van der Waals surface area contributed by atoms with Crippen molar-refractivity contribution in [2.24, 2.45) is 11.1 Å². The predicted octanol–water partition coefficient (Wildman–Crippen LogP) is 0.247. The molecule has 0 aliphatic rings. The Labute approximate surface area is 85.9 Å². The van der Waals surface area contributed by atoms with Crippen LogP contribution in [-0.4, -0.2) is 29.2 Å². The minimum absolute atomic E-state index is 0.133. The molecule has 1 atom stereocenters. The van der Waals surface area contributed by atoms with Crippen molar-refractivity contribution >= 4 is 5.91 Å². The van der Waals surface area contributed by atoms with Crippen LogP contribution >= 0.6 is 0 Å². The Morgan fingerprint density at radius 3 is 2.14 bits per heavy atom. The van der Waals surface area contributed by atoms with Gasteiger partial charge in [0.25, 0.3) is 0 Å². The molecule has 0 fully saturated rings. The number of aliphatic hydroxyl groups excluding tert-OH is 1. The molecule has 0 bridgehead atoms. The van der Waals surface area contributed by atoms with E-state index in [1.165, 1.54) is 0 Å². The predicted molar refractivity (Wildman–Crippen MR) is 56.7 cm³/mol. The fraction of sp³-hybridized carbons (Fsp3) is 0.900. The Kier molecular flexibility index (Phi) is 4.09. The molecule has 0 rings (SSSR count).